The van der Waals surface area contributed by atoms with E-state index in [1.54, 1.807) is 0 Å². The molecule has 4 heavy (non-hydrogen) atoms. The fourth-order valence-corrected chi connectivity index (χ4v) is 0. The summed E-state index contributed by atoms with van der Waals surface area (Å²) in [6.45, 7) is 0. The molecule has 3 radical (unpaired) electrons. The van der Waals surface area contributed by atoms with Crippen molar-refractivity contribution >= 4 is 45.5 Å². The first-order valence-corrected chi connectivity index (χ1v) is 0. The molecule has 0 rings (SSSR count). The standard InChI is InChI=1S/Ce.Cu.Ni.Sr. The number of hydrogen-bond donors (Lipinski definition) is 0. The summed E-state index contributed by atoms with van der Waals surface area (Å²) in [4.78, 5) is 0. The molecule has 0 aromatic rings. The van der Waals surface area contributed by atoms with Crippen molar-refractivity contribution < 1.29 is 75.3 Å². The smallest absolute Gasteiger partial charge is 0 e. The van der Waals surface area contributed by atoms with Crippen LogP contribution in [0.5, 0.6) is 0 Å². The second-order valence-corrected chi connectivity index (χ2v) is 0. The molecule has 27 valence electrons. The third-order valence-electron chi connectivity index (χ3n) is 0. The monoisotopic (exact) mass is 349 g/mol. The Hall–Kier alpha value is 3.87. The van der Waals surface area contributed by atoms with Crippen LogP contribution in [0.3, 0.4) is 0 Å². The van der Waals surface area contributed by atoms with E-state index in [1.165, 1.54) is 0 Å². The molecule has 0 heterocycles. The van der Waals surface area contributed by atoms with Gasteiger partial charge < -0.3 is 0 Å². The van der Waals surface area contributed by atoms with Gasteiger partial charge in [0.1, 0.15) is 0 Å². The molecule has 0 fully saturated rings. The van der Waals surface area contributed by atoms with Crippen LogP contribution in [0, 0.1) is 41.7 Å². The van der Waals surface area contributed by atoms with E-state index < -0.39 is 0 Å². The topological polar surface area (TPSA) is 0 Å². The van der Waals surface area contributed by atoms with Gasteiger partial charge >= 0.3 is 0 Å². The minimum absolute atomic E-state index is 0. The average Bonchev–Trinajstić information content (AvgIpc) is 0. The van der Waals surface area contributed by atoms with Gasteiger partial charge in [0.2, 0.25) is 0 Å². The van der Waals surface area contributed by atoms with Gasteiger partial charge in [-0.15, -0.1) is 0 Å². The summed E-state index contributed by atoms with van der Waals surface area (Å²) in [6, 6.07) is 0. The minimum Gasteiger partial charge on any atom is 0 e. The van der Waals surface area contributed by atoms with Crippen molar-refractivity contribution in [1.29, 1.82) is 0 Å². The van der Waals surface area contributed by atoms with Crippen LogP contribution < -0.4 is 0 Å². The van der Waals surface area contributed by atoms with Crippen LogP contribution >= 0.6 is 0 Å². The summed E-state index contributed by atoms with van der Waals surface area (Å²) in [5.41, 5.74) is 0. The number of hydrogen-bond acceptors (Lipinski definition) is 0. The van der Waals surface area contributed by atoms with Gasteiger partial charge in [-0.05, 0) is 0 Å². The predicted molar refractivity (Wildman–Crippen MR) is 5.75 cm³/mol. The summed E-state index contributed by atoms with van der Waals surface area (Å²) in [5, 5.41) is 0. The Morgan fingerprint density at radius 3 is 1.00 bits per heavy atom. The Kier molecular flexibility index (Phi) is 98.0. The third-order valence-corrected chi connectivity index (χ3v) is 0. The molecular weight excluding hydrogens is 350 g/mol. The zero-order chi connectivity index (χ0) is 0. The Balaban J connectivity index is 0. The molecule has 0 unspecified atom stereocenters. The first-order valence-electron chi connectivity index (χ1n) is 0. The molecule has 0 spiro atoms. The quantitative estimate of drug-likeness (QED) is 0.523. The van der Waals surface area contributed by atoms with E-state index in [9.17, 15) is 0 Å². The SMILES string of the molecule is [Ce].[Cu].[Ni].[Sr]. The fourth-order valence-electron chi connectivity index (χ4n) is 0. The van der Waals surface area contributed by atoms with Crippen molar-refractivity contribution in [2.75, 3.05) is 0 Å². The van der Waals surface area contributed by atoms with Crippen molar-refractivity contribution in [2.45, 2.75) is 0 Å². The van der Waals surface area contributed by atoms with Gasteiger partial charge in [0.05, 0.1) is 0 Å². The van der Waals surface area contributed by atoms with E-state index in [2.05, 4.69) is 0 Å². The van der Waals surface area contributed by atoms with Crippen LogP contribution in [0.15, 0.2) is 0 Å². The Morgan fingerprint density at radius 1 is 1.00 bits per heavy atom. The molecule has 0 nitrogen and oxygen atoms in total. The summed E-state index contributed by atoms with van der Waals surface area (Å²) in [5.74, 6) is 0. The fraction of sp³-hybridized carbons (Fsp3) is 0. The first kappa shape index (κ1) is 24.8. The van der Waals surface area contributed by atoms with Crippen LogP contribution in [0.25, 0.3) is 0 Å². The van der Waals surface area contributed by atoms with Crippen molar-refractivity contribution in [3.8, 4) is 0 Å². The molecular formula is CeCuNiSr. The maximum absolute atomic E-state index is 0. The molecule has 4 heteroatoms. The molecule has 0 aliphatic carbocycles. The first-order chi connectivity index (χ1) is 0. The van der Waals surface area contributed by atoms with Gasteiger partial charge in [0.15, 0.2) is 0 Å². The Morgan fingerprint density at radius 2 is 1.00 bits per heavy atom. The van der Waals surface area contributed by atoms with Gasteiger partial charge in [0.25, 0.3) is 0 Å². The van der Waals surface area contributed by atoms with Gasteiger partial charge in [-0.3, -0.25) is 0 Å². The zero-order valence-electron chi connectivity index (χ0n) is 1.82. The maximum Gasteiger partial charge on any atom is 0 e. The normalized spacial score (nSPS) is 0. The van der Waals surface area contributed by atoms with Crippen molar-refractivity contribution in [3.05, 3.63) is 0 Å². The van der Waals surface area contributed by atoms with E-state index >= 15 is 0 Å². The zero-order valence-corrected chi connectivity index (χ0v) is 10.4. The van der Waals surface area contributed by atoms with Gasteiger partial charge in [-0.1, -0.05) is 0 Å². The molecule has 0 N–H and O–H groups in total. The Bertz CT molecular complexity index is 8.00. The molecule has 0 saturated carbocycles. The molecule has 0 aromatic heterocycles. The van der Waals surface area contributed by atoms with Crippen LogP contribution in [0.4, 0.5) is 0 Å². The molecule has 0 bridgehead atoms. The van der Waals surface area contributed by atoms with Crippen molar-refractivity contribution in [2.24, 2.45) is 0 Å². The van der Waals surface area contributed by atoms with Crippen LogP contribution in [0.2, 0.25) is 0 Å². The van der Waals surface area contributed by atoms with E-state index in [0.717, 1.165) is 0 Å². The third kappa shape index (κ3) is 9.30. The summed E-state index contributed by atoms with van der Waals surface area (Å²) >= 11 is 0. The molecule has 0 amide bonds. The molecule has 0 saturated heterocycles. The minimum atomic E-state index is 0. The summed E-state index contributed by atoms with van der Waals surface area (Å²) < 4.78 is 0. The van der Waals surface area contributed by atoms with E-state index in [-0.39, 0.29) is 121 Å². The second kappa shape index (κ2) is 15.8. The van der Waals surface area contributed by atoms with Crippen LogP contribution in [-0.2, 0) is 33.6 Å². The van der Waals surface area contributed by atoms with Crippen LogP contribution in [-0.4, -0.2) is 45.5 Å². The summed E-state index contributed by atoms with van der Waals surface area (Å²) in [7, 11) is 0. The average molecular weight is 350 g/mol. The largest absolute Gasteiger partial charge is 0 e. The summed E-state index contributed by atoms with van der Waals surface area (Å²) in [6.07, 6.45) is 0. The van der Waals surface area contributed by atoms with Crippen molar-refractivity contribution in [3.63, 3.8) is 0 Å². The maximum atomic E-state index is 0. The molecule has 0 aliphatic heterocycles. The molecule has 0 aliphatic rings. The second-order valence-electron chi connectivity index (χ2n) is 0. The van der Waals surface area contributed by atoms with Gasteiger partial charge in [-0.25, -0.2) is 0 Å². The molecule has 0 atom stereocenters. The molecule has 0 aromatic carbocycles. The van der Waals surface area contributed by atoms with E-state index in [0.29, 0.717) is 0 Å². The number of rotatable bonds is 0. The Labute approximate surface area is 117 Å². The van der Waals surface area contributed by atoms with E-state index in [4.69, 9.17) is 0 Å². The van der Waals surface area contributed by atoms with Crippen molar-refractivity contribution in [1.82, 2.24) is 0 Å². The predicted octanol–water partition coefficient (Wildman–Crippen LogP) is -0.386. The van der Waals surface area contributed by atoms with Gasteiger partial charge in [-0.2, -0.15) is 0 Å². The van der Waals surface area contributed by atoms with E-state index in [1.807, 2.05) is 0 Å². The van der Waals surface area contributed by atoms with Gasteiger partial charge in [0, 0.05) is 121 Å². The van der Waals surface area contributed by atoms with Crippen LogP contribution in [0.1, 0.15) is 0 Å².